The quantitative estimate of drug-likeness (QED) is 0.0820. The molecular formula is C120H68N18. The van der Waals surface area contributed by atoms with Crippen molar-refractivity contribution < 1.29 is 0 Å². The van der Waals surface area contributed by atoms with Gasteiger partial charge in [-0.15, -0.1) is 9.97 Å². The minimum Gasteiger partial charge on any atom is -0.370 e. The van der Waals surface area contributed by atoms with Crippen LogP contribution in [0.1, 0.15) is 22.8 Å². The molecule has 0 bridgehead atoms. The van der Waals surface area contributed by atoms with E-state index < -0.39 is 0 Å². The van der Waals surface area contributed by atoms with Crippen molar-refractivity contribution in [2.75, 3.05) is 4.90 Å². The van der Waals surface area contributed by atoms with E-state index in [1.54, 1.807) is 24.3 Å². The number of nitriles is 4. The molecule has 0 spiro atoms. The van der Waals surface area contributed by atoms with Crippen molar-refractivity contribution in [2.45, 2.75) is 0 Å². The van der Waals surface area contributed by atoms with Crippen LogP contribution in [-0.2, 0) is 0 Å². The summed E-state index contributed by atoms with van der Waals surface area (Å²) in [6, 6.07) is 155. The Bertz CT molecular complexity index is 9000. The second-order valence-corrected chi connectivity index (χ2v) is 33.1. The summed E-state index contributed by atoms with van der Waals surface area (Å²) in [4.78, 5) is 44.1. The van der Waals surface area contributed by atoms with Gasteiger partial charge in [0.05, 0.1) is 44.3 Å². The van der Waals surface area contributed by atoms with Crippen LogP contribution in [0.3, 0.4) is 0 Å². The van der Waals surface area contributed by atoms with Crippen molar-refractivity contribution in [2.24, 2.45) is 0 Å². The average Bonchev–Trinajstić information content (AvgIpc) is 0.924. The molecule has 0 unspecified atom stereocenters. The molecule has 0 aliphatic heterocycles. The number of hydrogen-bond donors (Lipinski definition) is 0. The molecule has 18 nitrogen and oxygen atoms in total. The van der Waals surface area contributed by atoms with Crippen LogP contribution in [0.5, 0.6) is 0 Å². The lowest BCUT2D eigenvalue weighted by Gasteiger charge is -2.26. The normalized spacial score (nSPS) is 11.1. The van der Waals surface area contributed by atoms with Crippen LogP contribution >= 0.6 is 0 Å². The van der Waals surface area contributed by atoms with Gasteiger partial charge >= 0.3 is 0 Å². The molecule has 7 aromatic heterocycles. The molecule has 0 saturated heterocycles. The van der Waals surface area contributed by atoms with Gasteiger partial charge in [0.25, 0.3) is 11.6 Å². The second kappa shape index (κ2) is 34.9. The van der Waals surface area contributed by atoms with Gasteiger partial charge in [-0.25, -0.2) is 29.9 Å². The molecule has 7 heterocycles. The molecule has 0 aliphatic carbocycles. The fourth-order valence-electron chi connectivity index (χ4n) is 18.9. The number of anilines is 3. The van der Waals surface area contributed by atoms with Gasteiger partial charge in [0.2, 0.25) is 17.0 Å². The van der Waals surface area contributed by atoms with Crippen molar-refractivity contribution in [3.05, 3.63) is 458 Å². The fraction of sp³-hybridized carbons (Fsp3) is 0. The molecule has 0 aliphatic rings. The highest BCUT2D eigenvalue weighted by atomic mass is 15.2. The van der Waals surface area contributed by atoms with Gasteiger partial charge in [0.1, 0.15) is 46.3 Å². The maximum Gasteiger partial charge on any atom is 0.294 e. The largest absolute Gasteiger partial charge is 0.370 e. The van der Waals surface area contributed by atoms with Crippen LogP contribution in [0.4, 0.5) is 28.7 Å². The fourth-order valence-corrected chi connectivity index (χ4v) is 18.9. The van der Waals surface area contributed by atoms with Gasteiger partial charge in [-0.05, 0) is 182 Å². The number of nitrogens with zero attached hydrogens (tertiary/aromatic N) is 18. The maximum absolute atomic E-state index is 9.29. The van der Waals surface area contributed by atoms with Gasteiger partial charge in [-0.3, -0.25) is 4.57 Å². The van der Waals surface area contributed by atoms with E-state index in [9.17, 15) is 21.0 Å². The number of aromatic nitrogens is 11. The number of hydrogen-bond acceptors (Lipinski definition) is 13. The van der Waals surface area contributed by atoms with Crippen LogP contribution < -0.4 is 4.90 Å². The predicted octanol–water partition coefficient (Wildman–Crippen LogP) is 29.3. The third kappa shape index (κ3) is 14.5. The number of fused-ring (bicyclic) bond motifs is 18. The summed E-state index contributed by atoms with van der Waals surface area (Å²) in [6.07, 6.45) is 0. The molecule has 0 N–H and O–H groups in total. The molecule has 18 heteroatoms. The van der Waals surface area contributed by atoms with E-state index in [2.05, 4.69) is 471 Å². The molecule has 638 valence electrons. The molecule has 0 fully saturated rings. The summed E-state index contributed by atoms with van der Waals surface area (Å²) < 4.78 is 6.99. The summed E-state index contributed by atoms with van der Waals surface area (Å²) in [7, 11) is 0. The number of para-hydroxylation sites is 5. The van der Waals surface area contributed by atoms with Crippen molar-refractivity contribution >= 4 is 149 Å². The molecule has 0 amide bonds. The molecular weight excluding hydrogens is 1690 g/mol. The highest BCUT2D eigenvalue weighted by molar-refractivity contribution is 6.23. The SMILES string of the molecule is [C-]#[N+]c1nc2c3nc(C#N)c(C#N)nc3c3nc(C#N)c(C#N)nc3c2nc1[N+]#[C-].c1ccc(-c2ccc(-c3nc(-n4c5ccc(-c6ccc7c(c6)c6ccccc6n7-c6ccccc6)cc5c5c6ccccc6ccc54)nc4ccccc34)cc2)cc1.c1ccc(-c2ccc(N(c3ccc(-c4ccccc4)cc3)c3ccc(-c4ccc(-n5c6ccccc6c6ccccc65)cc4)cc3)cc2)cc1. The van der Waals surface area contributed by atoms with E-state index in [-0.39, 0.29) is 67.5 Å². The van der Waals surface area contributed by atoms with Crippen LogP contribution in [-0.4, -0.2) is 53.6 Å². The maximum atomic E-state index is 9.29. The lowest BCUT2D eigenvalue weighted by Crippen LogP contribution is -2.09. The van der Waals surface area contributed by atoms with Gasteiger partial charge in [-0.2, -0.15) is 21.0 Å². The van der Waals surface area contributed by atoms with Crippen LogP contribution in [0.2, 0.25) is 0 Å². The Morgan fingerprint density at radius 2 is 0.543 bits per heavy atom. The van der Waals surface area contributed by atoms with Crippen LogP contribution in [0.15, 0.2) is 413 Å². The highest BCUT2D eigenvalue weighted by Crippen LogP contribution is 2.45. The van der Waals surface area contributed by atoms with Gasteiger partial charge in [-0.1, -0.05) is 310 Å². The summed E-state index contributed by atoms with van der Waals surface area (Å²) in [5, 5.41) is 48.0. The van der Waals surface area contributed by atoms with E-state index in [1.807, 2.05) is 0 Å². The first-order chi connectivity index (χ1) is 68.2. The zero-order chi connectivity index (χ0) is 92.9. The lowest BCUT2D eigenvalue weighted by atomic mass is 9.99. The molecule has 0 atom stereocenters. The van der Waals surface area contributed by atoms with Gasteiger partial charge in [0, 0.05) is 71.7 Å². The molecule has 0 saturated carbocycles. The molecule has 18 aromatic carbocycles. The Morgan fingerprint density at radius 3 is 0.978 bits per heavy atom. The van der Waals surface area contributed by atoms with Crippen molar-refractivity contribution in [1.82, 2.24) is 53.6 Å². The van der Waals surface area contributed by atoms with E-state index in [0.717, 1.165) is 67.2 Å². The number of benzene rings is 18. The first-order valence-electron chi connectivity index (χ1n) is 44.6. The molecule has 138 heavy (non-hydrogen) atoms. The van der Waals surface area contributed by atoms with Crippen molar-refractivity contribution in [3.63, 3.8) is 0 Å². The summed E-state index contributed by atoms with van der Waals surface area (Å²) in [5.74, 6) is 0.0499. The van der Waals surface area contributed by atoms with Gasteiger partial charge < -0.3 is 23.7 Å². The van der Waals surface area contributed by atoms with Gasteiger partial charge in [0.15, 0.2) is 22.8 Å². The summed E-state index contributed by atoms with van der Waals surface area (Å²) in [5.41, 5.74) is 26.2. The summed E-state index contributed by atoms with van der Waals surface area (Å²) in [6.45, 7) is 14.5. The Kier molecular flexibility index (Phi) is 20.8. The second-order valence-electron chi connectivity index (χ2n) is 33.1. The number of rotatable bonds is 12. The van der Waals surface area contributed by atoms with E-state index >= 15 is 0 Å². The lowest BCUT2D eigenvalue weighted by molar-refractivity contribution is 1.01. The van der Waals surface area contributed by atoms with E-state index in [4.69, 9.17) is 23.1 Å². The van der Waals surface area contributed by atoms with Crippen molar-refractivity contribution in [1.29, 1.82) is 21.0 Å². The smallest absolute Gasteiger partial charge is 0.294 e. The Hall–Kier alpha value is -20.3. The zero-order valence-corrected chi connectivity index (χ0v) is 73.3. The van der Waals surface area contributed by atoms with Crippen LogP contribution in [0, 0.1) is 58.5 Å². The molecule has 0 radical (unpaired) electrons. The molecule has 25 rings (SSSR count). The van der Waals surface area contributed by atoms with Crippen molar-refractivity contribution in [3.8, 4) is 108 Å². The Labute approximate surface area is 789 Å². The standard InChI is InChI=1S/C54H34N4.C48H34N2.C18N12/c1-3-13-35(14-4-1)36-23-25-38(26-24-36)53-44-20-9-11-21-47(44)55-54(56-53)58-50-31-29-40(34-46(50)52-42-18-8-7-15-37(42)27-32-51(52)58)39-28-30-49-45(33-39)43-19-10-12-22-48(43)57(49)41-16-5-2-6-17-41;1-3-11-35(12-4-1)37-19-27-41(28-20-37)49(42-29-21-38(22-30-42)36-13-5-2-6-14-36)43-31-23-39(24-32-43)40-25-33-44(34-26-40)50-47-17-9-7-15-45(47)46-16-8-10-18-48(46)50;1-23-17-18(24-2)30-16-14-12(26-8(4-20)10(6-22)28-14)11-13(15(16)29-17)27-9(5-21)7(3-19)25-11/h1-34H;1-34H;. The average molecular weight is 1760 g/mol. The third-order valence-corrected chi connectivity index (χ3v) is 25.3. The summed E-state index contributed by atoms with van der Waals surface area (Å²) >= 11 is 0. The minimum absolute atomic E-state index is 0.00714. The zero-order valence-electron chi connectivity index (χ0n) is 73.3. The van der Waals surface area contributed by atoms with Crippen LogP contribution in [0.25, 0.3) is 214 Å². The topological polar surface area (TPSA) is 225 Å². The predicted molar refractivity (Wildman–Crippen MR) is 551 cm³/mol. The minimum atomic E-state index is -0.301. The van der Waals surface area contributed by atoms with E-state index in [0.29, 0.717) is 5.95 Å². The first-order valence-corrected chi connectivity index (χ1v) is 44.6. The monoisotopic (exact) mass is 1760 g/mol. The highest BCUT2D eigenvalue weighted by Gasteiger charge is 2.29. The Morgan fingerprint density at radius 1 is 0.232 bits per heavy atom. The molecule has 25 aromatic rings. The van der Waals surface area contributed by atoms with E-state index in [1.165, 1.54) is 115 Å². The Balaban J connectivity index is 0.000000122. The first kappa shape index (κ1) is 82.2. The third-order valence-electron chi connectivity index (χ3n) is 25.3.